The van der Waals surface area contributed by atoms with Gasteiger partial charge in [-0.15, -0.1) is 0 Å². The Kier molecular flexibility index (Phi) is 4.24. The third-order valence-corrected chi connectivity index (χ3v) is 4.54. The first kappa shape index (κ1) is 17.0. The SMILES string of the molecule is Cc1cccc(C(=O)Nc2ccc(-c3nc4cc(C)ccc4o3)cc2C)c1. The molecule has 1 aromatic heterocycles. The van der Waals surface area contributed by atoms with Gasteiger partial charge in [0.25, 0.3) is 5.91 Å². The fraction of sp³-hybridized carbons (Fsp3) is 0.130. The average molecular weight is 356 g/mol. The van der Waals surface area contributed by atoms with Crippen LogP contribution in [0, 0.1) is 20.8 Å². The van der Waals surface area contributed by atoms with Crippen molar-refractivity contribution < 1.29 is 9.21 Å². The second-order valence-electron chi connectivity index (χ2n) is 6.84. The predicted molar refractivity (Wildman–Crippen MR) is 108 cm³/mol. The van der Waals surface area contributed by atoms with Crippen molar-refractivity contribution in [3.63, 3.8) is 0 Å². The van der Waals surface area contributed by atoms with Crippen LogP contribution in [0.1, 0.15) is 27.0 Å². The van der Waals surface area contributed by atoms with Crippen LogP contribution in [0.3, 0.4) is 0 Å². The summed E-state index contributed by atoms with van der Waals surface area (Å²) in [5, 5.41) is 2.98. The van der Waals surface area contributed by atoms with E-state index in [0.717, 1.165) is 39.0 Å². The van der Waals surface area contributed by atoms with Gasteiger partial charge in [-0.05, 0) is 74.4 Å². The first-order valence-electron chi connectivity index (χ1n) is 8.86. The highest BCUT2D eigenvalue weighted by atomic mass is 16.3. The maximum absolute atomic E-state index is 12.5. The van der Waals surface area contributed by atoms with Crippen molar-refractivity contribution in [3.05, 3.63) is 82.9 Å². The van der Waals surface area contributed by atoms with Crippen molar-refractivity contribution >= 4 is 22.7 Å². The highest BCUT2D eigenvalue weighted by Gasteiger charge is 2.12. The van der Waals surface area contributed by atoms with E-state index < -0.39 is 0 Å². The molecule has 27 heavy (non-hydrogen) atoms. The lowest BCUT2D eigenvalue weighted by Gasteiger charge is -2.10. The number of hydrogen-bond acceptors (Lipinski definition) is 3. The molecule has 0 aliphatic carbocycles. The van der Waals surface area contributed by atoms with Crippen molar-refractivity contribution in [1.82, 2.24) is 4.98 Å². The normalized spacial score (nSPS) is 10.9. The Labute approximate surface area is 157 Å². The number of anilines is 1. The van der Waals surface area contributed by atoms with Gasteiger partial charge in [0.05, 0.1) is 0 Å². The largest absolute Gasteiger partial charge is 0.436 e. The quantitative estimate of drug-likeness (QED) is 0.514. The summed E-state index contributed by atoms with van der Waals surface area (Å²) in [6.07, 6.45) is 0. The van der Waals surface area contributed by atoms with E-state index >= 15 is 0 Å². The molecule has 1 heterocycles. The number of rotatable bonds is 3. The number of nitrogens with one attached hydrogen (secondary N) is 1. The molecule has 0 unspecified atom stereocenters. The van der Waals surface area contributed by atoms with Crippen LogP contribution in [0.15, 0.2) is 65.1 Å². The van der Waals surface area contributed by atoms with E-state index in [1.807, 2.05) is 81.4 Å². The Balaban J connectivity index is 1.61. The van der Waals surface area contributed by atoms with E-state index in [1.165, 1.54) is 0 Å². The highest BCUT2D eigenvalue weighted by Crippen LogP contribution is 2.28. The molecule has 0 radical (unpaired) electrons. The molecule has 0 saturated heterocycles. The first-order valence-corrected chi connectivity index (χ1v) is 8.86. The summed E-state index contributed by atoms with van der Waals surface area (Å²) in [6, 6.07) is 19.3. The van der Waals surface area contributed by atoms with Gasteiger partial charge in [-0.3, -0.25) is 4.79 Å². The third kappa shape index (κ3) is 3.47. The molecule has 0 bridgehead atoms. The van der Waals surface area contributed by atoms with E-state index in [4.69, 9.17) is 4.42 Å². The molecular formula is C23H20N2O2. The molecule has 1 amide bonds. The summed E-state index contributed by atoms with van der Waals surface area (Å²) in [5.74, 6) is 0.460. The number of benzene rings is 3. The van der Waals surface area contributed by atoms with Gasteiger partial charge in [-0.25, -0.2) is 4.98 Å². The molecule has 0 atom stereocenters. The summed E-state index contributed by atoms with van der Waals surface area (Å²) >= 11 is 0. The van der Waals surface area contributed by atoms with E-state index in [-0.39, 0.29) is 5.91 Å². The molecule has 4 aromatic rings. The molecule has 0 fully saturated rings. The van der Waals surface area contributed by atoms with E-state index in [1.54, 1.807) is 0 Å². The average Bonchev–Trinajstić information content (AvgIpc) is 3.06. The van der Waals surface area contributed by atoms with Crippen LogP contribution in [0.4, 0.5) is 5.69 Å². The maximum atomic E-state index is 12.5. The third-order valence-electron chi connectivity index (χ3n) is 4.54. The summed E-state index contributed by atoms with van der Waals surface area (Å²) in [6.45, 7) is 5.96. The number of amides is 1. The fourth-order valence-corrected chi connectivity index (χ4v) is 3.08. The fourth-order valence-electron chi connectivity index (χ4n) is 3.08. The van der Waals surface area contributed by atoms with Crippen LogP contribution in [0.2, 0.25) is 0 Å². The minimum atomic E-state index is -0.119. The molecular weight excluding hydrogens is 336 g/mol. The van der Waals surface area contributed by atoms with Crippen molar-refractivity contribution in [2.75, 3.05) is 5.32 Å². The molecule has 0 aliphatic rings. The number of aromatic nitrogens is 1. The van der Waals surface area contributed by atoms with Gasteiger partial charge in [-0.1, -0.05) is 23.8 Å². The lowest BCUT2D eigenvalue weighted by molar-refractivity contribution is 0.102. The van der Waals surface area contributed by atoms with Crippen molar-refractivity contribution in [1.29, 1.82) is 0 Å². The lowest BCUT2D eigenvalue weighted by atomic mass is 10.1. The minimum Gasteiger partial charge on any atom is -0.436 e. The topological polar surface area (TPSA) is 55.1 Å². The molecule has 4 heteroatoms. The monoisotopic (exact) mass is 356 g/mol. The smallest absolute Gasteiger partial charge is 0.255 e. The standard InChI is InChI=1S/C23H20N2O2/c1-14-5-4-6-17(11-14)22(26)24-19-9-8-18(13-16(19)3)23-25-20-12-15(2)7-10-21(20)27-23/h4-13H,1-3H3,(H,24,26). The maximum Gasteiger partial charge on any atom is 0.255 e. The molecule has 0 spiro atoms. The van der Waals surface area contributed by atoms with Gasteiger partial charge >= 0.3 is 0 Å². The minimum absolute atomic E-state index is 0.119. The number of carbonyl (C=O) groups excluding carboxylic acids is 1. The van der Waals surface area contributed by atoms with Gasteiger partial charge in [0.1, 0.15) is 5.52 Å². The van der Waals surface area contributed by atoms with Gasteiger partial charge < -0.3 is 9.73 Å². The second kappa shape index (κ2) is 6.72. The Morgan fingerprint density at radius 3 is 2.52 bits per heavy atom. The lowest BCUT2D eigenvalue weighted by Crippen LogP contribution is -2.12. The molecule has 0 aliphatic heterocycles. The van der Waals surface area contributed by atoms with Gasteiger partial charge in [0.2, 0.25) is 5.89 Å². The number of carbonyl (C=O) groups is 1. The van der Waals surface area contributed by atoms with Crippen LogP contribution in [0.5, 0.6) is 0 Å². The van der Waals surface area contributed by atoms with E-state index in [9.17, 15) is 4.79 Å². The summed E-state index contributed by atoms with van der Waals surface area (Å²) in [7, 11) is 0. The Morgan fingerprint density at radius 1 is 0.926 bits per heavy atom. The van der Waals surface area contributed by atoms with Crippen LogP contribution >= 0.6 is 0 Å². The molecule has 134 valence electrons. The zero-order valence-electron chi connectivity index (χ0n) is 15.5. The van der Waals surface area contributed by atoms with Crippen molar-refractivity contribution in [2.45, 2.75) is 20.8 Å². The predicted octanol–water partition coefficient (Wildman–Crippen LogP) is 5.67. The Bertz CT molecular complexity index is 1160. The van der Waals surface area contributed by atoms with Gasteiger partial charge in [0, 0.05) is 16.8 Å². The second-order valence-corrected chi connectivity index (χ2v) is 6.84. The Morgan fingerprint density at radius 2 is 1.74 bits per heavy atom. The van der Waals surface area contributed by atoms with Crippen molar-refractivity contribution in [2.24, 2.45) is 0 Å². The molecule has 0 saturated carbocycles. The van der Waals surface area contributed by atoms with Crippen LogP contribution < -0.4 is 5.32 Å². The van der Waals surface area contributed by atoms with Gasteiger partial charge in [0.15, 0.2) is 5.58 Å². The molecule has 3 aromatic carbocycles. The number of nitrogens with zero attached hydrogens (tertiary/aromatic N) is 1. The Hall–Kier alpha value is -3.40. The van der Waals surface area contributed by atoms with E-state index in [2.05, 4.69) is 10.3 Å². The summed E-state index contributed by atoms with van der Waals surface area (Å²) in [5.41, 5.74) is 7.07. The van der Waals surface area contributed by atoms with Crippen LogP contribution in [0.25, 0.3) is 22.6 Å². The van der Waals surface area contributed by atoms with Gasteiger partial charge in [-0.2, -0.15) is 0 Å². The van der Waals surface area contributed by atoms with E-state index in [0.29, 0.717) is 11.5 Å². The first-order chi connectivity index (χ1) is 13.0. The zero-order valence-corrected chi connectivity index (χ0v) is 15.5. The van der Waals surface area contributed by atoms with Crippen LogP contribution in [-0.4, -0.2) is 10.9 Å². The number of oxazole rings is 1. The highest BCUT2D eigenvalue weighted by molar-refractivity contribution is 6.04. The number of aryl methyl sites for hydroxylation is 3. The molecule has 4 nitrogen and oxygen atoms in total. The molecule has 4 rings (SSSR count). The molecule has 1 N–H and O–H groups in total. The summed E-state index contributed by atoms with van der Waals surface area (Å²) in [4.78, 5) is 17.1. The number of hydrogen-bond donors (Lipinski definition) is 1. The zero-order chi connectivity index (χ0) is 19.0. The van der Waals surface area contributed by atoms with Crippen LogP contribution in [-0.2, 0) is 0 Å². The van der Waals surface area contributed by atoms with Crippen molar-refractivity contribution in [3.8, 4) is 11.5 Å². The summed E-state index contributed by atoms with van der Waals surface area (Å²) < 4.78 is 5.87. The number of fused-ring (bicyclic) bond motifs is 1.